The molecular formula is C20H18N2O7. The van der Waals surface area contributed by atoms with Gasteiger partial charge in [-0.05, 0) is 36.5 Å². The van der Waals surface area contributed by atoms with Crippen molar-refractivity contribution in [1.29, 1.82) is 0 Å². The predicted molar refractivity (Wildman–Crippen MR) is 104 cm³/mol. The Hall–Kier alpha value is -3.43. The van der Waals surface area contributed by atoms with Gasteiger partial charge in [0.15, 0.2) is 5.78 Å². The van der Waals surface area contributed by atoms with Gasteiger partial charge in [-0.1, -0.05) is 6.08 Å². The molecule has 0 amide bonds. The number of hydrogen-bond acceptors (Lipinski definition) is 7. The third-order valence-corrected chi connectivity index (χ3v) is 4.92. The Kier molecular flexibility index (Phi) is 5.53. The van der Waals surface area contributed by atoms with Gasteiger partial charge in [0.2, 0.25) is 0 Å². The zero-order valence-corrected chi connectivity index (χ0v) is 15.5. The second-order valence-corrected chi connectivity index (χ2v) is 6.55. The SMILES string of the molecule is CC=C1c2cc([N+](=O)[O-])cc(CCO)c2C(=O)c2c(CCO)cc([N+](=O)[O-])cc21. The number of non-ortho nitro benzene ring substituents is 2. The topological polar surface area (TPSA) is 144 Å². The van der Waals surface area contributed by atoms with Crippen molar-refractivity contribution in [3.8, 4) is 0 Å². The number of aliphatic hydroxyl groups is 2. The van der Waals surface area contributed by atoms with Crippen molar-refractivity contribution in [3.05, 3.63) is 84.0 Å². The molecule has 2 aromatic carbocycles. The minimum atomic E-state index is -0.584. The summed E-state index contributed by atoms with van der Waals surface area (Å²) < 4.78 is 0. The van der Waals surface area contributed by atoms with E-state index in [2.05, 4.69) is 0 Å². The van der Waals surface area contributed by atoms with Gasteiger partial charge < -0.3 is 10.2 Å². The number of aliphatic hydroxyl groups excluding tert-OH is 2. The van der Waals surface area contributed by atoms with Gasteiger partial charge in [-0.25, -0.2) is 0 Å². The Balaban J connectivity index is 2.40. The van der Waals surface area contributed by atoms with Crippen LogP contribution in [-0.2, 0) is 12.8 Å². The molecule has 0 radical (unpaired) electrons. The fourth-order valence-corrected chi connectivity index (χ4v) is 3.76. The highest BCUT2D eigenvalue weighted by atomic mass is 16.6. The summed E-state index contributed by atoms with van der Waals surface area (Å²) in [7, 11) is 0. The standard InChI is InChI=1S/C20H18N2O7/c1-2-15-16-9-13(21(26)27)7-11(3-5-23)18(16)20(25)19-12(4-6-24)8-14(22(28)29)10-17(15)19/h2,7-10,23-24H,3-6H2,1H3. The molecule has 29 heavy (non-hydrogen) atoms. The summed E-state index contributed by atoms with van der Waals surface area (Å²) in [5.41, 5.74) is 1.74. The molecule has 0 aliphatic heterocycles. The van der Waals surface area contributed by atoms with Crippen LogP contribution in [0.25, 0.3) is 5.57 Å². The maximum absolute atomic E-state index is 13.4. The van der Waals surface area contributed by atoms with Crippen LogP contribution < -0.4 is 0 Å². The van der Waals surface area contributed by atoms with Crippen LogP contribution in [-0.4, -0.2) is 39.1 Å². The van der Waals surface area contributed by atoms with Gasteiger partial charge in [-0.3, -0.25) is 25.0 Å². The number of nitrogens with zero attached hydrogens (tertiary/aromatic N) is 2. The first-order chi connectivity index (χ1) is 13.8. The molecule has 2 aromatic rings. The van der Waals surface area contributed by atoms with Crippen LogP contribution in [0.1, 0.15) is 45.1 Å². The van der Waals surface area contributed by atoms with Crippen molar-refractivity contribution >= 4 is 22.7 Å². The number of benzene rings is 2. The van der Waals surface area contributed by atoms with Gasteiger partial charge in [0, 0.05) is 59.7 Å². The van der Waals surface area contributed by atoms with Gasteiger partial charge in [0.25, 0.3) is 11.4 Å². The summed E-state index contributed by atoms with van der Waals surface area (Å²) in [6.07, 6.45) is 1.73. The van der Waals surface area contributed by atoms with Crippen molar-refractivity contribution in [2.75, 3.05) is 13.2 Å². The third kappa shape index (κ3) is 3.41. The highest BCUT2D eigenvalue weighted by Crippen LogP contribution is 2.42. The summed E-state index contributed by atoms with van der Waals surface area (Å²) in [6.45, 7) is 1.07. The number of carbonyl (C=O) groups excluding carboxylic acids is 1. The van der Waals surface area contributed by atoms with E-state index in [1.54, 1.807) is 13.0 Å². The van der Waals surface area contributed by atoms with Crippen LogP contribution in [0.4, 0.5) is 11.4 Å². The average Bonchev–Trinajstić information content (AvgIpc) is 2.67. The largest absolute Gasteiger partial charge is 0.396 e. The Morgan fingerprint density at radius 1 is 0.862 bits per heavy atom. The van der Waals surface area contributed by atoms with Crippen molar-refractivity contribution < 1.29 is 24.9 Å². The van der Waals surface area contributed by atoms with E-state index in [-0.39, 0.29) is 48.6 Å². The van der Waals surface area contributed by atoms with Crippen LogP contribution in [0, 0.1) is 20.2 Å². The van der Waals surface area contributed by atoms with E-state index in [1.165, 1.54) is 24.3 Å². The smallest absolute Gasteiger partial charge is 0.270 e. The monoisotopic (exact) mass is 398 g/mol. The number of rotatable bonds is 6. The number of ketones is 1. The lowest BCUT2D eigenvalue weighted by Gasteiger charge is -2.25. The second-order valence-electron chi connectivity index (χ2n) is 6.55. The first kappa shape index (κ1) is 20.3. The molecule has 0 spiro atoms. The summed E-state index contributed by atoms with van der Waals surface area (Å²) in [5.74, 6) is -0.433. The molecule has 0 heterocycles. The van der Waals surface area contributed by atoms with Gasteiger partial charge in [-0.15, -0.1) is 0 Å². The molecule has 0 bridgehead atoms. The number of nitro groups is 2. The molecule has 0 saturated heterocycles. The summed E-state index contributed by atoms with van der Waals surface area (Å²) in [6, 6.07) is 5.08. The van der Waals surface area contributed by atoms with Gasteiger partial charge in [-0.2, -0.15) is 0 Å². The van der Waals surface area contributed by atoms with Crippen LogP contribution >= 0.6 is 0 Å². The molecule has 0 atom stereocenters. The van der Waals surface area contributed by atoms with E-state index in [9.17, 15) is 35.2 Å². The molecule has 3 rings (SSSR count). The molecule has 9 nitrogen and oxygen atoms in total. The van der Waals surface area contributed by atoms with E-state index < -0.39 is 15.6 Å². The highest BCUT2D eigenvalue weighted by molar-refractivity contribution is 6.20. The van der Waals surface area contributed by atoms with Crippen molar-refractivity contribution in [2.24, 2.45) is 0 Å². The summed E-state index contributed by atoms with van der Waals surface area (Å²) >= 11 is 0. The molecule has 0 unspecified atom stereocenters. The Labute approximate surface area is 165 Å². The van der Waals surface area contributed by atoms with E-state index in [4.69, 9.17) is 0 Å². The van der Waals surface area contributed by atoms with Crippen LogP contribution in [0.2, 0.25) is 0 Å². The summed E-state index contributed by atoms with van der Waals surface area (Å²) in [4.78, 5) is 35.0. The molecule has 1 aliphatic carbocycles. The molecular weight excluding hydrogens is 380 g/mol. The molecule has 150 valence electrons. The first-order valence-electron chi connectivity index (χ1n) is 8.90. The Morgan fingerprint density at radius 3 is 1.59 bits per heavy atom. The molecule has 9 heteroatoms. The number of allylic oxidation sites excluding steroid dienone is 1. The van der Waals surface area contributed by atoms with E-state index >= 15 is 0 Å². The van der Waals surface area contributed by atoms with E-state index in [1.807, 2.05) is 0 Å². The van der Waals surface area contributed by atoms with Gasteiger partial charge in [0.1, 0.15) is 0 Å². The van der Waals surface area contributed by atoms with Crippen molar-refractivity contribution in [3.63, 3.8) is 0 Å². The fourth-order valence-electron chi connectivity index (χ4n) is 3.76. The fraction of sp³-hybridized carbons (Fsp3) is 0.250. The van der Waals surface area contributed by atoms with E-state index in [0.29, 0.717) is 27.8 Å². The maximum atomic E-state index is 13.4. The Morgan fingerprint density at radius 2 is 1.28 bits per heavy atom. The predicted octanol–water partition coefficient (Wildman–Crippen LogP) is 2.57. The number of nitro benzene ring substituents is 2. The van der Waals surface area contributed by atoms with E-state index in [0.717, 1.165) is 0 Å². The van der Waals surface area contributed by atoms with Crippen molar-refractivity contribution in [1.82, 2.24) is 0 Å². The van der Waals surface area contributed by atoms with Crippen LogP contribution in [0.3, 0.4) is 0 Å². The lowest BCUT2D eigenvalue weighted by molar-refractivity contribution is -0.385. The van der Waals surface area contributed by atoms with Crippen LogP contribution in [0.15, 0.2) is 30.3 Å². The minimum Gasteiger partial charge on any atom is -0.396 e. The minimum absolute atomic E-state index is 0.0460. The molecule has 0 saturated carbocycles. The Bertz CT molecular complexity index is 993. The normalized spacial score (nSPS) is 12.4. The second kappa shape index (κ2) is 7.90. The van der Waals surface area contributed by atoms with Crippen LogP contribution in [0.5, 0.6) is 0 Å². The number of hydrogen-bond donors (Lipinski definition) is 2. The number of fused-ring (bicyclic) bond motifs is 2. The zero-order valence-electron chi connectivity index (χ0n) is 15.5. The average molecular weight is 398 g/mol. The molecule has 1 aliphatic rings. The lowest BCUT2D eigenvalue weighted by atomic mass is 9.76. The molecule has 0 fully saturated rings. The lowest BCUT2D eigenvalue weighted by Crippen LogP contribution is -2.20. The summed E-state index contributed by atoms with van der Waals surface area (Å²) in [5, 5.41) is 41.5. The highest BCUT2D eigenvalue weighted by Gasteiger charge is 2.34. The quantitative estimate of drug-likeness (QED) is 0.479. The van der Waals surface area contributed by atoms with Gasteiger partial charge >= 0.3 is 0 Å². The zero-order chi connectivity index (χ0) is 21.3. The first-order valence-corrected chi connectivity index (χ1v) is 8.90. The maximum Gasteiger partial charge on any atom is 0.270 e. The van der Waals surface area contributed by atoms with Gasteiger partial charge in [0.05, 0.1) is 9.85 Å². The molecule has 0 aromatic heterocycles. The third-order valence-electron chi connectivity index (χ3n) is 4.92. The molecule has 2 N–H and O–H groups in total. The van der Waals surface area contributed by atoms with Crippen molar-refractivity contribution in [2.45, 2.75) is 19.8 Å². The number of carbonyl (C=O) groups is 1.